The van der Waals surface area contributed by atoms with Gasteiger partial charge >= 0.3 is 0 Å². The van der Waals surface area contributed by atoms with Crippen LogP contribution in [0.3, 0.4) is 0 Å². The van der Waals surface area contributed by atoms with Gasteiger partial charge in [0.2, 0.25) is 0 Å². The minimum atomic E-state index is -0.346. The van der Waals surface area contributed by atoms with Crippen LogP contribution in [0.4, 0.5) is 4.39 Å². The maximum absolute atomic E-state index is 13.0. The van der Waals surface area contributed by atoms with E-state index in [1.807, 2.05) is 0 Å². The lowest BCUT2D eigenvalue weighted by molar-refractivity contribution is 0.317. The van der Waals surface area contributed by atoms with Gasteiger partial charge in [-0.15, -0.1) is 0 Å². The monoisotopic (exact) mass is 268 g/mol. The van der Waals surface area contributed by atoms with Crippen molar-refractivity contribution in [3.8, 4) is 0 Å². The van der Waals surface area contributed by atoms with Gasteiger partial charge in [0.25, 0.3) is 0 Å². The van der Waals surface area contributed by atoms with E-state index in [0.717, 1.165) is 24.7 Å². The quantitative estimate of drug-likeness (QED) is 0.903. The molecule has 4 heteroatoms. The van der Waals surface area contributed by atoms with E-state index < -0.39 is 0 Å². The molecule has 98 valence electrons. The first kappa shape index (κ1) is 12.4. The molecule has 2 fully saturated rings. The molecule has 0 radical (unpaired) electrons. The highest BCUT2D eigenvalue weighted by molar-refractivity contribution is 6.30. The standard InChI is InChI=1S/C14H18ClFN2/c15-13-7-10(1-4-14(13)16)8-17-11-5-6-18(9-11)12-2-3-12/h1,4,7,11-12,17H,2-3,5-6,8-9H2. The van der Waals surface area contributed by atoms with Crippen LogP contribution in [0.5, 0.6) is 0 Å². The van der Waals surface area contributed by atoms with E-state index in [4.69, 9.17) is 11.6 Å². The van der Waals surface area contributed by atoms with Gasteiger partial charge in [0.15, 0.2) is 0 Å². The highest BCUT2D eigenvalue weighted by Crippen LogP contribution is 2.29. The largest absolute Gasteiger partial charge is 0.309 e. The van der Waals surface area contributed by atoms with Crippen molar-refractivity contribution in [1.82, 2.24) is 10.2 Å². The van der Waals surface area contributed by atoms with Crippen LogP contribution in [0.1, 0.15) is 24.8 Å². The third kappa shape index (κ3) is 2.85. The number of halogens is 2. The van der Waals surface area contributed by atoms with Gasteiger partial charge in [-0.05, 0) is 37.0 Å². The highest BCUT2D eigenvalue weighted by atomic mass is 35.5. The number of nitrogens with zero attached hydrogens (tertiary/aromatic N) is 1. The van der Waals surface area contributed by atoms with E-state index in [9.17, 15) is 4.39 Å². The smallest absolute Gasteiger partial charge is 0.141 e. The Labute approximate surface area is 112 Å². The minimum Gasteiger partial charge on any atom is -0.309 e. The Morgan fingerprint density at radius 2 is 2.17 bits per heavy atom. The van der Waals surface area contributed by atoms with Gasteiger partial charge < -0.3 is 5.32 Å². The molecule has 1 atom stereocenters. The molecule has 1 aliphatic carbocycles. The molecule has 1 aromatic carbocycles. The van der Waals surface area contributed by atoms with Gasteiger partial charge in [0.05, 0.1) is 5.02 Å². The van der Waals surface area contributed by atoms with Crippen LogP contribution >= 0.6 is 11.6 Å². The van der Waals surface area contributed by atoms with Crippen LogP contribution in [-0.2, 0) is 6.54 Å². The molecule has 2 nitrogen and oxygen atoms in total. The second-order valence-electron chi connectivity index (χ2n) is 5.34. The predicted octanol–water partition coefficient (Wildman–Crippen LogP) is 2.81. The van der Waals surface area contributed by atoms with E-state index in [0.29, 0.717) is 6.04 Å². The van der Waals surface area contributed by atoms with Crippen molar-refractivity contribution < 1.29 is 4.39 Å². The Morgan fingerprint density at radius 3 is 2.89 bits per heavy atom. The fourth-order valence-corrected chi connectivity index (χ4v) is 2.84. The number of hydrogen-bond acceptors (Lipinski definition) is 2. The SMILES string of the molecule is Fc1ccc(CNC2CCN(C3CC3)C2)cc1Cl. The lowest BCUT2D eigenvalue weighted by Crippen LogP contribution is -2.32. The molecule has 0 bridgehead atoms. The second kappa shape index (κ2) is 5.16. The fraction of sp³-hybridized carbons (Fsp3) is 0.571. The molecule has 1 aromatic rings. The number of rotatable bonds is 4. The number of nitrogens with one attached hydrogen (secondary N) is 1. The van der Waals surface area contributed by atoms with Gasteiger partial charge in [-0.1, -0.05) is 17.7 Å². The molecule has 0 aromatic heterocycles. The van der Waals surface area contributed by atoms with Crippen molar-refractivity contribution in [3.63, 3.8) is 0 Å². The third-order valence-electron chi connectivity index (χ3n) is 3.86. The number of benzene rings is 1. The number of hydrogen-bond donors (Lipinski definition) is 1. The van der Waals surface area contributed by atoms with Crippen molar-refractivity contribution in [2.45, 2.75) is 37.9 Å². The summed E-state index contributed by atoms with van der Waals surface area (Å²) in [6, 6.07) is 6.36. The predicted molar refractivity (Wildman–Crippen MR) is 71.2 cm³/mol. The minimum absolute atomic E-state index is 0.209. The summed E-state index contributed by atoms with van der Waals surface area (Å²) in [5.41, 5.74) is 1.05. The zero-order valence-corrected chi connectivity index (χ0v) is 11.1. The van der Waals surface area contributed by atoms with Crippen molar-refractivity contribution in [1.29, 1.82) is 0 Å². The fourth-order valence-electron chi connectivity index (χ4n) is 2.64. The van der Waals surface area contributed by atoms with Crippen LogP contribution in [0, 0.1) is 5.82 Å². The van der Waals surface area contributed by atoms with Crippen molar-refractivity contribution >= 4 is 11.6 Å². The zero-order valence-electron chi connectivity index (χ0n) is 10.3. The Morgan fingerprint density at radius 1 is 1.33 bits per heavy atom. The maximum atomic E-state index is 13.0. The lowest BCUT2D eigenvalue weighted by Gasteiger charge is -2.15. The molecule has 0 amide bonds. The first-order chi connectivity index (χ1) is 8.72. The van der Waals surface area contributed by atoms with E-state index >= 15 is 0 Å². The third-order valence-corrected chi connectivity index (χ3v) is 4.15. The average Bonchev–Trinajstić information content (AvgIpc) is 3.11. The molecule has 1 aliphatic heterocycles. The van der Waals surface area contributed by atoms with Crippen molar-refractivity contribution in [3.05, 3.63) is 34.6 Å². The number of likely N-dealkylation sites (tertiary alicyclic amines) is 1. The molecule has 18 heavy (non-hydrogen) atoms. The van der Waals surface area contributed by atoms with Gasteiger partial charge in [-0.25, -0.2) is 4.39 Å². The van der Waals surface area contributed by atoms with E-state index in [1.54, 1.807) is 12.1 Å². The lowest BCUT2D eigenvalue weighted by atomic mass is 10.2. The van der Waals surface area contributed by atoms with Crippen LogP contribution in [0.2, 0.25) is 5.02 Å². The molecular formula is C14H18ClFN2. The summed E-state index contributed by atoms with van der Waals surface area (Å²) in [5.74, 6) is -0.346. The zero-order chi connectivity index (χ0) is 12.5. The van der Waals surface area contributed by atoms with Gasteiger partial charge in [0, 0.05) is 31.7 Å². The Balaban J connectivity index is 1.50. The first-order valence-corrected chi connectivity index (χ1v) is 7.01. The Kier molecular flexibility index (Phi) is 3.55. The molecule has 1 saturated carbocycles. The van der Waals surface area contributed by atoms with Gasteiger partial charge in [-0.2, -0.15) is 0 Å². The maximum Gasteiger partial charge on any atom is 0.141 e. The summed E-state index contributed by atoms with van der Waals surface area (Å²) in [7, 11) is 0. The Bertz CT molecular complexity index is 434. The normalized spacial score (nSPS) is 24.7. The van der Waals surface area contributed by atoms with E-state index in [-0.39, 0.29) is 10.8 Å². The average molecular weight is 269 g/mol. The summed E-state index contributed by atoms with van der Waals surface area (Å²) >= 11 is 5.77. The molecule has 3 rings (SSSR count). The summed E-state index contributed by atoms with van der Waals surface area (Å²) in [6.07, 6.45) is 3.96. The molecule has 1 saturated heterocycles. The summed E-state index contributed by atoms with van der Waals surface area (Å²) < 4.78 is 13.0. The van der Waals surface area contributed by atoms with Crippen molar-refractivity contribution in [2.75, 3.05) is 13.1 Å². The molecule has 1 heterocycles. The van der Waals surface area contributed by atoms with E-state index in [1.165, 1.54) is 31.9 Å². The first-order valence-electron chi connectivity index (χ1n) is 6.64. The van der Waals surface area contributed by atoms with Gasteiger partial charge in [-0.3, -0.25) is 4.90 Å². The van der Waals surface area contributed by atoms with Crippen LogP contribution < -0.4 is 5.32 Å². The molecule has 0 spiro atoms. The summed E-state index contributed by atoms with van der Waals surface area (Å²) in [6.45, 7) is 3.13. The van der Waals surface area contributed by atoms with Crippen molar-refractivity contribution in [2.24, 2.45) is 0 Å². The molecule has 1 N–H and O–H groups in total. The van der Waals surface area contributed by atoms with Crippen LogP contribution in [0.15, 0.2) is 18.2 Å². The van der Waals surface area contributed by atoms with E-state index in [2.05, 4.69) is 10.2 Å². The van der Waals surface area contributed by atoms with Crippen LogP contribution in [0.25, 0.3) is 0 Å². The summed E-state index contributed by atoms with van der Waals surface area (Å²) in [4.78, 5) is 2.58. The molecule has 2 aliphatic rings. The molecular weight excluding hydrogens is 251 g/mol. The highest BCUT2D eigenvalue weighted by Gasteiger charge is 2.33. The topological polar surface area (TPSA) is 15.3 Å². The van der Waals surface area contributed by atoms with Crippen LogP contribution in [-0.4, -0.2) is 30.1 Å². The second-order valence-corrected chi connectivity index (χ2v) is 5.75. The Hall–Kier alpha value is -0.640. The summed E-state index contributed by atoms with van der Waals surface area (Å²) in [5, 5.41) is 3.74. The molecule has 1 unspecified atom stereocenters. The van der Waals surface area contributed by atoms with Gasteiger partial charge in [0.1, 0.15) is 5.82 Å².